The quantitative estimate of drug-likeness (QED) is 0.567. The number of benzene rings is 2. The van der Waals surface area contributed by atoms with E-state index in [2.05, 4.69) is 15.9 Å². The average Bonchev–Trinajstić information content (AvgIpc) is 2.48. The van der Waals surface area contributed by atoms with Gasteiger partial charge >= 0.3 is 0 Å². The van der Waals surface area contributed by atoms with Gasteiger partial charge in [0, 0.05) is 15.6 Å². The number of hydrogen-bond acceptors (Lipinski definition) is 2. The largest absolute Gasteiger partial charge is 0.495 e. The van der Waals surface area contributed by atoms with Gasteiger partial charge in [0.15, 0.2) is 0 Å². The zero-order valence-electron chi connectivity index (χ0n) is 11.3. The van der Waals surface area contributed by atoms with Crippen LogP contribution in [0.1, 0.15) is 16.5 Å². The molecule has 2 aromatic rings. The van der Waals surface area contributed by atoms with Crippen molar-refractivity contribution in [2.45, 2.75) is 5.38 Å². The molecule has 2 nitrogen and oxygen atoms in total. The lowest BCUT2D eigenvalue weighted by molar-refractivity contribution is 0.386. The fourth-order valence-corrected chi connectivity index (χ4v) is 3.49. The molecule has 2 rings (SSSR count). The molecule has 0 saturated heterocycles. The van der Waals surface area contributed by atoms with E-state index in [-0.39, 0.29) is 0 Å². The van der Waals surface area contributed by atoms with Gasteiger partial charge in [-0.2, -0.15) is 0 Å². The van der Waals surface area contributed by atoms with Gasteiger partial charge in [0.05, 0.1) is 19.6 Å². The number of alkyl halides is 1. The minimum Gasteiger partial charge on any atom is -0.495 e. The second-order valence-corrected chi connectivity index (χ2v) is 6.31. The molecule has 6 heteroatoms. The van der Waals surface area contributed by atoms with E-state index in [0.29, 0.717) is 26.0 Å². The number of hydrogen-bond donors (Lipinski definition) is 0. The van der Waals surface area contributed by atoms with Crippen LogP contribution in [-0.4, -0.2) is 14.2 Å². The maximum atomic E-state index is 6.58. The molecular formula is C15H12BrCl3O2. The van der Waals surface area contributed by atoms with Gasteiger partial charge in [-0.15, -0.1) is 11.6 Å². The second-order valence-electron chi connectivity index (χ2n) is 4.23. The third kappa shape index (κ3) is 3.42. The monoisotopic (exact) mass is 408 g/mol. The standard InChI is InChI=1S/C15H12BrCl3O2/c1-20-12-6-4-9(15(21-2)13(12)16)14(19)10-7-8(17)3-5-11(10)18/h3-7,14H,1-2H3. The summed E-state index contributed by atoms with van der Waals surface area (Å²) in [5.74, 6) is 1.27. The van der Waals surface area contributed by atoms with E-state index < -0.39 is 5.38 Å². The summed E-state index contributed by atoms with van der Waals surface area (Å²) in [5, 5.41) is 0.633. The van der Waals surface area contributed by atoms with Crippen LogP contribution < -0.4 is 9.47 Å². The van der Waals surface area contributed by atoms with Crippen LogP contribution in [0.2, 0.25) is 10.0 Å². The summed E-state index contributed by atoms with van der Waals surface area (Å²) in [4.78, 5) is 0. The molecule has 0 fully saturated rings. The van der Waals surface area contributed by atoms with Gasteiger partial charge in [-0.25, -0.2) is 0 Å². The van der Waals surface area contributed by atoms with Crippen molar-refractivity contribution in [3.8, 4) is 11.5 Å². The minimum absolute atomic E-state index is 0.492. The summed E-state index contributed by atoms with van der Waals surface area (Å²) in [7, 11) is 3.16. The molecular weight excluding hydrogens is 398 g/mol. The van der Waals surface area contributed by atoms with E-state index >= 15 is 0 Å². The minimum atomic E-state index is -0.492. The molecule has 0 heterocycles. The Morgan fingerprint density at radius 2 is 1.71 bits per heavy atom. The second kappa shape index (κ2) is 7.10. The Labute approximate surface area is 147 Å². The zero-order chi connectivity index (χ0) is 15.6. The zero-order valence-corrected chi connectivity index (χ0v) is 15.1. The molecule has 0 aliphatic rings. The first-order valence-electron chi connectivity index (χ1n) is 5.99. The van der Waals surface area contributed by atoms with E-state index in [1.807, 2.05) is 12.1 Å². The molecule has 0 aromatic heterocycles. The number of halogens is 4. The van der Waals surface area contributed by atoms with Crippen molar-refractivity contribution in [1.82, 2.24) is 0 Å². The molecule has 0 spiro atoms. The van der Waals surface area contributed by atoms with Gasteiger partial charge in [-0.05, 0) is 51.8 Å². The highest BCUT2D eigenvalue weighted by Gasteiger charge is 2.22. The van der Waals surface area contributed by atoms with Gasteiger partial charge in [0.25, 0.3) is 0 Å². The molecule has 0 aliphatic heterocycles. The summed E-state index contributed by atoms with van der Waals surface area (Å²) in [6.07, 6.45) is 0. The van der Waals surface area contributed by atoms with Gasteiger partial charge < -0.3 is 9.47 Å². The summed E-state index contributed by atoms with van der Waals surface area (Å²) in [5.41, 5.74) is 1.50. The Kier molecular flexibility index (Phi) is 5.67. The molecule has 0 N–H and O–H groups in total. The summed E-state index contributed by atoms with van der Waals surface area (Å²) < 4.78 is 11.4. The molecule has 0 aliphatic carbocycles. The van der Waals surface area contributed by atoms with E-state index in [0.717, 1.165) is 11.1 Å². The summed E-state index contributed by atoms with van der Waals surface area (Å²) in [6.45, 7) is 0. The number of ether oxygens (including phenoxy) is 2. The maximum absolute atomic E-state index is 6.58. The van der Waals surface area contributed by atoms with Crippen LogP contribution in [-0.2, 0) is 0 Å². The molecule has 112 valence electrons. The summed E-state index contributed by atoms with van der Waals surface area (Å²) >= 11 is 22.3. The Bertz CT molecular complexity index is 662. The Hall–Kier alpha value is -0.610. The van der Waals surface area contributed by atoms with Crippen molar-refractivity contribution in [2.75, 3.05) is 14.2 Å². The third-order valence-corrected chi connectivity index (χ3v) is 4.82. The normalized spacial score (nSPS) is 12.1. The van der Waals surface area contributed by atoms with Gasteiger partial charge in [0.2, 0.25) is 0 Å². The van der Waals surface area contributed by atoms with Crippen molar-refractivity contribution >= 4 is 50.7 Å². The SMILES string of the molecule is COc1ccc(C(Cl)c2cc(Cl)ccc2Cl)c(OC)c1Br. The van der Waals surface area contributed by atoms with E-state index in [4.69, 9.17) is 44.3 Å². The molecule has 0 amide bonds. The predicted octanol–water partition coefficient (Wildman–Crippen LogP) is 6.10. The highest BCUT2D eigenvalue weighted by atomic mass is 79.9. The van der Waals surface area contributed by atoms with Crippen molar-refractivity contribution < 1.29 is 9.47 Å². The molecule has 1 unspecified atom stereocenters. The van der Waals surface area contributed by atoms with E-state index in [1.54, 1.807) is 32.4 Å². The fourth-order valence-electron chi connectivity index (χ4n) is 1.99. The first-order valence-corrected chi connectivity index (χ1v) is 7.97. The Balaban J connectivity index is 2.55. The van der Waals surface area contributed by atoms with Gasteiger partial charge in [0.1, 0.15) is 16.0 Å². The topological polar surface area (TPSA) is 18.5 Å². The molecule has 2 aromatic carbocycles. The predicted molar refractivity (Wildman–Crippen MR) is 91.4 cm³/mol. The van der Waals surface area contributed by atoms with Crippen molar-refractivity contribution in [2.24, 2.45) is 0 Å². The van der Waals surface area contributed by atoms with Crippen molar-refractivity contribution in [3.63, 3.8) is 0 Å². The molecule has 1 atom stereocenters. The fraction of sp³-hybridized carbons (Fsp3) is 0.200. The lowest BCUT2D eigenvalue weighted by Crippen LogP contribution is -2.00. The number of methoxy groups -OCH3 is 2. The highest BCUT2D eigenvalue weighted by molar-refractivity contribution is 9.10. The van der Waals surface area contributed by atoms with E-state index in [1.165, 1.54) is 0 Å². The van der Waals surface area contributed by atoms with Crippen LogP contribution in [0.3, 0.4) is 0 Å². The van der Waals surface area contributed by atoms with Crippen LogP contribution in [0, 0.1) is 0 Å². The smallest absolute Gasteiger partial charge is 0.141 e. The Morgan fingerprint density at radius 1 is 1.00 bits per heavy atom. The first-order chi connectivity index (χ1) is 9.99. The lowest BCUT2D eigenvalue weighted by Gasteiger charge is -2.18. The summed E-state index contributed by atoms with van der Waals surface area (Å²) in [6, 6.07) is 8.85. The van der Waals surface area contributed by atoms with Gasteiger partial charge in [-0.1, -0.05) is 23.2 Å². The van der Waals surface area contributed by atoms with Crippen LogP contribution in [0.4, 0.5) is 0 Å². The Morgan fingerprint density at radius 3 is 2.33 bits per heavy atom. The highest BCUT2D eigenvalue weighted by Crippen LogP contribution is 2.45. The van der Waals surface area contributed by atoms with Crippen molar-refractivity contribution in [1.29, 1.82) is 0 Å². The molecule has 0 saturated carbocycles. The lowest BCUT2D eigenvalue weighted by atomic mass is 10.0. The van der Waals surface area contributed by atoms with Crippen LogP contribution in [0.15, 0.2) is 34.8 Å². The third-order valence-electron chi connectivity index (χ3n) is 3.02. The van der Waals surface area contributed by atoms with Gasteiger partial charge in [-0.3, -0.25) is 0 Å². The molecule has 21 heavy (non-hydrogen) atoms. The first kappa shape index (κ1) is 16.8. The molecule has 0 radical (unpaired) electrons. The number of rotatable bonds is 4. The van der Waals surface area contributed by atoms with E-state index in [9.17, 15) is 0 Å². The van der Waals surface area contributed by atoms with Crippen LogP contribution in [0.5, 0.6) is 11.5 Å². The van der Waals surface area contributed by atoms with Crippen molar-refractivity contribution in [3.05, 3.63) is 56.0 Å². The average molecular weight is 411 g/mol. The van der Waals surface area contributed by atoms with Crippen LogP contribution in [0.25, 0.3) is 0 Å². The maximum Gasteiger partial charge on any atom is 0.141 e. The van der Waals surface area contributed by atoms with Crippen LogP contribution >= 0.6 is 50.7 Å². The molecule has 0 bridgehead atoms.